The Kier molecular flexibility index (Phi) is 5.89. The van der Waals surface area contributed by atoms with Gasteiger partial charge in [0.25, 0.3) is 5.91 Å². The first kappa shape index (κ1) is 20.2. The summed E-state index contributed by atoms with van der Waals surface area (Å²) in [4.78, 5) is 28.9. The summed E-state index contributed by atoms with van der Waals surface area (Å²) in [6, 6.07) is 5.12. The first-order valence-electron chi connectivity index (χ1n) is 9.10. The fourth-order valence-corrected chi connectivity index (χ4v) is 3.84. The molecule has 2 atom stereocenters. The molecule has 2 aliphatic heterocycles. The molecule has 0 unspecified atom stereocenters. The minimum Gasteiger partial charge on any atom is -0.444 e. The first-order chi connectivity index (χ1) is 12.6. The molecular formula is C19H25Cl2N3O3. The van der Waals surface area contributed by atoms with Crippen molar-refractivity contribution >= 4 is 35.2 Å². The lowest BCUT2D eigenvalue weighted by Gasteiger charge is -2.37. The number of benzene rings is 1. The van der Waals surface area contributed by atoms with Crippen molar-refractivity contribution in [2.24, 2.45) is 0 Å². The van der Waals surface area contributed by atoms with E-state index in [1.807, 2.05) is 20.8 Å². The molecule has 2 amide bonds. The zero-order chi connectivity index (χ0) is 19.8. The highest BCUT2D eigenvalue weighted by molar-refractivity contribution is 6.42. The summed E-state index contributed by atoms with van der Waals surface area (Å²) < 4.78 is 5.47. The van der Waals surface area contributed by atoms with Crippen LogP contribution in [0.25, 0.3) is 0 Å². The van der Waals surface area contributed by atoms with Crippen molar-refractivity contribution in [3.63, 3.8) is 0 Å². The number of halogens is 2. The Morgan fingerprint density at radius 2 is 1.89 bits per heavy atom. The standard InChI is InChI=1S/C19H25Cl2N3O3/c1-19(2,3)27-18(26)24-7-6-23-10-13(9-14(23)11-24)22-17(25)12-4-5-15(20)16(21)8-12/h4-5,8,13-14H,6-7,9-11H2,1-3H3,(H,22,25)/t13-,14-/m0/s1. The summed E-state index contributed by atoms with van der Waals surface area (Å²) >= 11 is 11.9. The Morgan fingerprint density at radius 1 is 1.15 bits per heavy atom. The molecule has 148 valence electrons. The van der Waals surface area contributed by atoms with Gasteiger partial charge >= 0.3 is 6.09 Å². The van der Waals surface area contributed by atoms with Crippen LogP contribution in [0.4, 0.5) is 4.79 Å². The van der Waals surface area contributed by atoms with E-state index in [0.717, 1.165) is 19.5 Å². The van der Waals surface area contributed by atoms with Crippen LogP contribution in [0, 0.1) is 0 Å². The van der Waals surface area contributed by atoms with Crippen molar-refractivity contribution in [2.45, 2.75) is 44.9 Å². The van der Waals surface area contributed by atoms with Crippen LogP contribution in [0.15, 0.2) is 18.2 Å². The Balaban J connectivity index is 1.56. The van der Waals surface area contributed by atoms with Crippen LogP contribution >= 0.6 is 23.2 Å². The lowest BCUT2D eigenvalue weighted by Crippen LogP contribution is -2.53. The van der Waals surface area contributed by atoms with Crippen LogP contribution in [-0.2, 0) is 4.74 Å². The van der Waals surface area contributed by atoms with Gasteiger partial charge in [0.1, 0.15) is 5.60 Å². The van der Waals surface area contributed by atoms with Crippen LogP contribution in [-0.4, -0.2) is 65.7 Å². The van der Waals surface area contributed by atoms with E-state index in [9.17, 15) is 9.59 Å². The van der Waals surface area contributed by atoms with E-state index in [0.29, 0.717) is 28.7 Å². The summed E-state index contributed by atoms with van der Waals surface area (Å²) in [6.45, 7) is 8.41. The van der Waals surface area contributed by atoms with Crippen molar-refractivity contribution in [3.8, 4) is 0 Å². The fraction of sp³-hybridized carbons (Fsp3) is 0.579. The third kappa shape index (κ3) is 5.06. The van der Waals surface area contributed by atoms with Gasteiger partial charge in [-0.1, -0.05) is 23.2 Å². The second kappa shape index (κ2) is 7.86. The molecule has 2 fully saturated rings. The zero-order valence-electron chi connectivity index (χ0n) is 15.8. The normalized spacial score (nSPS) is 23.1. The maximum atomic E-state index is 12.5. The van der Waals surface area contributed by atoms with Gasteiger partial charge in [-0.15, -0.1) is 0 Å². The van der Waals surface area contributed by atoms with Gasteiger partial charge in [-0.3, -0.25) is 9.69 Å². The highest BCUT2D eigenvalue weighted by Gasteiger charge is 2.39. The predicted molar refractivity (Wildman–Crippen MR) is 106 cm³/mol. The number of nitrogens with one attached hydrogen (secondary N) is 1. The molecule has 3 rings (SSSR count). The molecule has 0 radical (unpaired) electrons. The quantitative estimate of drug-likeness (QED) is 0.806. The highest BCUT2D eigenvalue weighted by Crippen LogP contribution is 2.25. The molecule has 1 aromatic carbocycles. The monoisotopic (exact) mass is 413 g/mol. The second-order valence-electron chi connectivity index (χ2n) is 8.11. The van der Waals surface area contributed by atoms with E-state index in [1.165, 1.54) is 0 Å². The minimum atomic E-state index is -0.500. The van der Waals surface area contributed by atoms with Crippen molar-refractivity contribution < 1.29 is 14.3 Å². The van der Waals surface area contributed by atoms with E-state index in [2.05, 4.69) is 10.2 Å². The molecule has 0 aliphatic carbocycles. The number of ether oxygens (including phenoxy) is 1. The molecular weight excluding hydrogens is 389 g/mol. The number of hydrogen-bond donors (Lipinski definition) is 1. The van der Waals surface area contributed by atoms with Crippen LogP contribution in [0.5, 0.6) is 0 Å². The number of amides is 2. The SMILES string of the molecule is CC(C)(C)OC(=O)N1CCN2C[C@@H](NC(=O)c3ccc(Cl)c(Cl)c3)C[C@H]2C1. The minimum absolute atomic E-state index is 0.0375. The van der Waals surface area contributed by atoms with E-state index < -0.39 is 5.60 Å². The van der Waals surface area contributed by atoms with Crippen molar-refractivity contribution in [1.82, 2.24) is 15.1 Å². The number of carbonyl (C=O) groups is 2. The number of nitrogens with zero attached hydrogens (tertiary/aromatic N) is 2. The molecule has 2 aliphatic rings. The highest BCUT2D eigenvalue weighted by atomic mass is 35.5. The molecule has 0 saturated carbocycles. The van der Waals surface area contributed by atoms with Crippen LogP contribution in [0.3, 0.4) is 0 Å². The summed E-state index contributed by atoms with van der Waals surface area (Å²) in [6.07, 6.45) is 0.525. The lowest BCUT2D eigenvalue weighted by atomic mass is 10.1. The van der Waals surface area contributed by atoms with E-state index in [1.54, 1.807) is 23.1 Å². The molecule has 1 aromatic rings. The van der Waals surface area contributed by atoms with Gasteiger partial charge in [-0.25, -0.2) is 4.79 Å². The van der Waals surface area contributed by atoms with Crippen molar-refractivity contribution in [3.05, 3.63) is 33.8 Å². The average Bonchev–Trinajstić information content (AvgIpc) is 2.96. The zero-order valence-corrected chi connectivity index (χ0v) is 17.3. The van der Waals surface area contributed by atoms with Crippen molar-refractivity contribution in [1.29, 1.82) is 0 Å². The van der Waals surface area contributed by atoms with Crippen LogP contribution < -0.4 is 5.32 Å². The predicted octanol–water partition coefficient (Wildman–Crippen LogP) is 3.42. The Bertz CT molecular complexity index is 735. The number of carbonyl (C=O) groups excluding carboxylic acids is 2. The van der Waals surface area contributed by atoms with Gasteiger partial charge in [-0.2, -0.15) is 0 Å². The molecule has 0 bridgehead atoms. The topological polar surface area (TPSA) is 61.9 Å². The van der Waals surface area contributed by atoms with Gasteiger partial charge < -0.3 is 15.0 Å². The van der Waals surface area contributed by atoms with E-state index in [-0.39, 0.29) is 24.1 Å². The third-order valence-corrected chi connectivity index (χ3v) is 5.52. The lowest BCUT2D eigenvalue weighted by molar-refractivity contribution is 0.00925. The Labute approximate surface area is 169 Å². The smallest absolute Gasteiger partial charge is 0.410 e. The molecule has 8 heteroatoms. The fourth-order valence-electron chi connectivity index (χ4n) is 3.55. The molecule has 27 heavy (non-hydrogen) atoms. The molecule has 0 aromatic heterocycles. The summed E-state index contributed by atoms with van der Waals surface area (Å²) in [5, 5.41) is 3.85. The Hall–Kier alpha value is -1.50. The third-order valence-electron chi connectivity index (χ3n) is 4.78. The Morgan fingerprint density at radius 3 is 2.56 bits per heavy atom. The number of hydrogen-bond acceptors (Lipinski definition) is 4. The molecule has 2 heterocycles. The average molecular weight is 414 g/mol. The summed E-state index contributed by atoms with van der Waals surface area (Å²) in [7, 11) is 0. The van der Waals surface area contributed by atoms with E-state index in [4.69, 9.17) is 27.9 Å². The number of rotatable bonds is 2. The van der Waals surface area contributed by atoms with Crippen molar-refractivity contribution in [2.75, 3.05) is 26.2 Å². The summed E-state index contributed by atoms with van der Waals surface area (Å²) in [5.74, 6) is -0.164. The largest absolute Gasteiger partial charge is 0.444 e. The summed E-state index contributed by atoms with van der Waals surface area (Å²) in [5.41, 5.74) is -0.00932. The van der Waals surface area contributed by atoms with Gasteiger partial charge in [-0.05, 0) is 45.4 Å². The molecule has 2 saturated heterocycles. The molecule has 6 nitrogen and oxygen atoms in total. The van der Waals surface area contributed by atoms with Gasteiger partial charge in [0.2, 0.25) is 0 Å². The second-order valence-corrected chi connectivity index (χ2v) is 8.92. The maximum absolute atomic E-state index is 12.5. The maximum Gasteiger partial charge on any atom is 0.410 e. The van der Waals surface area contributed by atoms with Gasteiger partial charge in [0.05, 0.1) is 10.0 Å². The molecule has 1 N–H and O–H groups in total. The number of fused-ring (bicyclic) bond motifs is 1. The van der Waals surface area contributed by atoms with Crippen LogP contribution in [0.2, 0.25) is 10.0 Å². The van der Waals surface area contributed by atoms with Gasteiger partial charge in [0, 0.05) is 43.8 Å². The van der Waals surface area contributed by atoms with Gasteiger partial charge in [0.15, 0.2) is 0 Å². The van der Waals surface area contributed by atoms with E-state index >= 15 is 0 Å². The first-order valence-corrected chi connectivity index (χ1v) is 9.86. The number of piperazine rings is 1. The van der Waals surface area contributed by atoms with Crippen LogP contribution in [0.1, 0.15) is 37.6 Å². The molecule has 0 spiro atoms.